The SMILES string of the molecule is Oc1cccc2c1ccc1c3c(ccc12)CCCC3. The van der Waals surface area contributed by atoms with Crippen molar-refractivity contribution in [1.29, 1.82) is 0 Å². The van der Waals surface area contributed by atoms with Gasteiger partial charge in [-0.15, -0.1) is 0 Å². The van der Waals surface area contributed by atoms with Crippen LogP contribution in [0.25, 0.3) is 21.5 Å². The lowest BCUT2D eigenvalue weighted by Crippen LogP contribution is -2.03. The fraction of sp³-hybridized carbons (Fsp3) is 0.222. The van der Waals surface area contributed by atoms with Crippen LogP contribution in [0.2, 0.25) is 0 Å². The number of phenolic OH excluding ortho intramolecular Hbond substituents is 1. The van der Waals surface area contributed by atoms with E-state index in [-0.39, 0.29) is 0 Å². The lowest BCUT2D eigenvalue weighted by atomic mass is 9.86. The van der Waals surface area contributed by atoms with E-state index in [4.69, 9.17) is 0 Å². The van der Waals surface area contributed by atoms with Gasteiger partial charge in [0.05, 0.1) is 0 Å². The van der Waals surface area contributed by atoms with Gasteiger partial charge in [0, 0.05) is 5.39 Å². The molecular formula is C18H16O. The van der Waals surface area contributed by atoms with Crippen molar-refractivity contribution in [2.45, 2.75) is 25.7 Å². The average Bonchev–Trinajstić information content (AvgIpc) is 2.47. The molecule has 19 heavy (non-hydrogen) atoms. The predicted octanol–water partition coefficient (Wildman–Crippen LogP) is 4.58. The molecule has 0 saturated carbocycles. The number of benzene rings is 3. The lowest BCUT2D eigenvalue weighted by Gasteiger charge is -2.18. The molecule has 3 aromatic carbocycles. The van der Waals surface area contributed by atoms with Gasteiger partial charge in [0.1, 0.15) is 5.75 Å². The fourth-order valence-corrected chi connectivity index (χ4v) is 3.41. The molecule has 1 aliphatic carbocycles. The van der Waals surface area contributed by atoms with E-state index in [1.165, 1.54) is 47.6 Å². The molecule has 0 aliphatic heterocycles. The number of aromatic hydroxyl groups is 1. The van der Waals surface area contributed by atoms with Crippen molar-refractivity contribution < 1.29 is 5.11 Å². The molecule has 1 heteroatoms. The van der Waals surface area contributed by atoms with Gasteiger partial charge in [-0.3, -0.25) is 0 Å². The summed E-state index contributed by atoms with van der Waals surface area (Å²) in [6.07, 6.45) is 5.01. The Morgan fingerprint density at radius 1 is 0.684 bits per heavy atom. The second kappa shape index (κ2) is 3.99. The molecule has 0 fully saturated rings. The first-order valence-electron chi connectivity index (χ1n) is 7.00. The number of aryl methyl sites for hydroxylation is 2. The Balaban J connectivity index is 2.15. The standard InChI is InChI=1S/C18H16O/c19-18-7-3-6-14-16-9-8-12-4-1-2-5-13(12)15(16)10-11-17(14)18/h3,6-11,19H,1-2,4-5H2. The Kier molecular flexibility index (Phi) is 2.28. The molecule has 0 atom stereocenters. The van der Waals surface area contributed by atoms with Crippen molar-refractivity contribution in [3.63, 3.8) is 0 Å². The first-order valence-corrected chi connectivity index (χ1v) is 7.00. The van der Waals surface area contributed by atoms with Crippen molar-refractivity contribution in [1.82, 2.24) is 0 Å². The highest BCUT2D eigenvalue weighted by atomic mass is 16.3. The summed E-state index contributed by atoms with van der Waals surface area (Å²) < 4.78 is 0. The summed E-state index contributed by atoms with van der Waals surface area (Å²) in [6, 6.07) is 14.5. The molecule has 1 aliphatic rings. The Hall–Kier alpha value is -2.02. The Morgan fingerprint density at radius 3 is 2.37 bits per heavy atom. The van der Waals surface area contributed by atoms with Gasteiger partial charge in [-0.2, -0.15) is 0 Å². The molecule has 0 unspecified atom stereocenters. The summed E-state index contributed by atoms with van der Waals surface area (Å²) >= 11 is 0. The maximum atomic E-state index is 9.97. The smallest absolute Gasteiger partial charge is 0.123 e. The average molecular weight is 248 g/mol. The summed E-state index contributed by atoms with van der Waals surface area (Å²) in [5.41, 5.74) is 3.03. The van der Waals surface area contributed by atoms with Crippen molar-refractivity contribution in [3.8, 4) is 5.75 Å². The lowest BCUT2D eigenvalue weighted by molar-refractivity contribution is 0.481. The van der Waals surface area contributed by atoms with Crippen LogP contribution in [0.15, 0.2) is 42.5 Å². The molecule has 3 aromatic rings. The number of rotatable bonds is 0. The van der Waals surface area contributed by atoms with Crippen molar-refractivity contribution >= 4 is 21.5 Å². The van der Waals surface area contributed by atoms with Crippen molar-refractivity contribution in [2.24, 2.45) is 0 Å². The van der Waals surface area contributed by atoms with Crippen LogP contribution in [0.1, 0.15) is 24.0 Å². The van der Waals surface area contributed by atoms with Crippen LogP contribution in [-0.2, 0) is 12.8 Å². The van der Waals surface area contributed by atoms with Gasteiger partial charge in [-0.1, -0.05) is 36.4 Å². The molecule has 94 valence electrons. The van der Waals surface area contributed by atoms with E-state index in [9.17, 15) is 5.11 Å². The Morgan fingerprint density at radius 2 is 1.42 bits per heavy atom. The van der Waals surface area contributed by atoms with Crippen LogP contribution in [-0.4, -0.2) is 5.11 Å². The quantitative estimate of drug-likeness (QED) is 0.577. The van der Waals surface area contributed by atoms with Crippen LogP contribution >= 0.6 is 0 Å². The summed E-state index contributed by atoms with van der Waals surface area (Å²) in [5, 5.41) is 14.7. The van der Waals surface area contributed by atoms with Crippen molar-refractivity contribution in [3.05, 3.63) is 53.6 Å². The molecule has 0 spiro atoms. The normalized spacial score (nSPS) is 14.7. The topological polar surface area (TPSA) is 20.2 Å². The van der Waals surface area contributed by atoms with Gasteiger partial charge in [0.2, 0.25) is 0 Å². The number of fused-ring (bicyclic) bond motifs is 5. The molecule has 0 saturated heterocycles. The zero-order chi connectivity index (χ0) is 12.8. The molecule has 0 aromatic heterocycles. The highest BCUT2D eigenvalue weighted by Crippen LogP contribution is 2.35. The summed E-state index contributed by atoms with van der Waals surface area (Å²) in [5.74, 6) is 0.372. The van der Waals surface area contributed by atoms with Crippen LogP contribution in [0.4, 0.5) is 0 Å². The molecule has 0 bridgehead atoms. The van der Waals surface area contributed by atoms with Crippen LogP contribution in [0.5, 0.6) is 5.75 Å². The highest BCUT2D eigenvalue weighted by Gasteiger charge is 2.13. The maximum absolute atomic E-state index is 9.97. The predicted molar refractivity (Wildman–Crippen MR) is 79.8 cm³/mol. The monoisotopic (exact) mass is 248 g/mol. The van der Waals surface area contributed by atoms with E-state index in [2.05, 4.69) is 30.3 Å². The summed E-state index contributed by atoms with van der Waals surface area (Å²) in [4.78, 5) is 0. The first-order chi connectivity index (χ1) is 9.34. The molecule has 1 nitrogen and oxygen atoms in total. The number of phenols is 1. The molecule has 1 N–H and O–H groups in total. The van der Waals surface area contributed by atoms with Crippen LogP contribution in [0, 0.1) is 0 Å². The van der Waals surface area contributed by atoms with E-state index in [0.29, 0.717) is 5.75 Å². The van der Waals surface area contributed by atoms with Crippen molar-refractivity contribution in [2.75, 3.05) is 0 Å². The molecule has 0 amide bonds. The van der Waals surface area contributed by atoms with E-state index in [1.807, 2.05) is 6.07 Å². The zero-order valence-electron chi connectivity index (χ0n) is 10.8. The number of hydrogen-bond acceptors (Lipinski definition) is 1. The van der Waals surface area contributed by atoms with E-state index >= 15 is 0 Å². The second-order valence-corrected chi connectivity index (χ2v) is 5.44. The third kappa shape index (κ3) is 1.54. The van der Waals surface area contributed by atoms with E-state index in [1.54, 1.807) is 6.07 Å². The summed E-state index contributed by atoms with van der Waals surface area (Å²) in [7, 11) is 0. The largest absolute Gasteiger partial charge is 0.507 e. The van der Waals surface area contributed by atoms with E-state index < -0.39 is 0 Å². The van der Waals surface area contributed by atoms with Gasteiger partial charge in [-0.05, 0) is 59.0 Å². The van der Waals surface area contributed by atoms with Gasteiger partial charge in [-0.25, -0.2) is 0 Å². The second-order valence-electron chi connectivity index (χ2n) is 5.44. The molecular weight excluding hydrogens is 232 g/mol. The van der Waals surface area contributed by atoms with Gasteiger partial charge < -0.3 is 5.11 Å². The summed E-state index contributed by atoms with van der Waals surface area (Å²) in [6.45, 7) is 0. The van der Waals surface area contributed by atoms with Crippen LogP contribution in [0.3, 0.4) is 0 Å². The fourth-order valence-electron chi connectivity index (χ4n) is 3.41. The Labute approximate surface area is 112 Å². The third-order valence-corrected chi connectivity index (χ3v) is 4.37. The van der Waals surface area contributed by atoms with Crippen LogP contribution < -0.4 is 0 Å². The zero-order valence-corrected chi connectivity index (χ0v) is 10.8. The third-order valence-electron chi connectivity index (χ3n) is 4.37. The van der Waals surface area contributed by atoms with Gasteiger partial charge in [0.15, 0.2) is 0 Å². The molecule has 0 radical (unpaired) electrons. The van der Waals surface area contributed by atoms with E-state index in [0.717, 1.165) is 10.8 Å². The maximum Gasteiger partial charge on any atom is 0.123 e. The number of hydrogen-bond donors (Lipinski definition) is 1. The molecule has 4 rings (SSSR count). The minimum absolute atomic E-state index is 0.372. The first kappa shape index (κ1) is 10.9. The minimum Gasteiger partial charge on any atom is -0.507 e. The van der Waals surface area contributed by atoms with Gasteiger partial charge >= 0.3 is 0 Å². The highest BCUT2D eigenvalue weighted by molar-refractivity contribution is 6.10. The minimum atomic E-state index is 0.372. The Bertz CT molecular complexity index is 786. The van der Waals surface area contributed by atoms with Gasteiger partial charge in [0.25, 0.3) is 0 Å². The molecule has 0 heterocycles.